The van der Waals surface area contributed by atoms with Gasteiger partial charge in [0.15, 0.2) is 0 Å². The summed E-state index contributed by atoms with van der Waals surface area (Å²) in [7, 11) is 1.62. The van der Waals surface area contributed by atoms with Crippen LogP contribution >= 0.6 is 0 Å². The van der Waals surface area contributed by atoms with Crippen molar-refractivity contribution in [1.29, 1.82) is 0 Å². The molecule has 6 nitrogen and oxygen atoms in total. The van der Waals surface area contributed by atoms with Crippen molar-refractivity contribution >= 4 is 12.0 Å². The number of nitrogens with one attached hydrogen (secondary N) is 1. The Morgan fingerprint density at radius 3 is 2.83 bits per heavy atom. The number of aromatic nitrogens is 2. The van der Waals surface area contributed by atoms with E-state index >= 15 is 0 Å². The summed E-state index contributed by atoms with van der Waals surface area (Å²) in [4.78, 5) is 17.0. The number of hydrogen-bond acceptors (Lipinski definition) is 4. The molecule has 1 amide bonds. The lowest BCUT2D eigenvalue weighted by Gasteiger charge is -2.18. The molecule has 1 aromatic heterocycles. The molecule has 1 aliphatic carbocycles. The van der Waals surface area contributed by atoms with Gasteiger partial charge in [-0.25, -0.2) is 4.98 Å². The summed E-state index contributed by atoms with van der Waals surface area (Å²) < 4.78 is 7.44. The molecular weight excluding hydrogens is 378 g/mol. The van der Waals surface area contributed by atoms with E-state index in [1.165, 1.54) is 0 Å². The van der Waals surface area contributed by atoms with E-state index < -0.39 is 12.1 Å². The minimum atomic E-state index is -0.614. The van der Waals surface area contributed by atoms with Gasteiger partial charge in [0.05, 0.1) is 37.0 Å². The third-order valence-corrected chi connectivity index (χ3v) is 5.43. The summed E-state index contributed by atoms with van der Waals surface area (Å²) >= 11 is 0. The Morgan fingerprint density at radius 1 is 1.30 bits per heavy atom. The molecule has 3 aromatic rings. The average Bonchev–Trinajstić information content (AvgIpc) is 3.31. The van der Waals surface area contributed by atoms with Crippen LogP contribution in [0.2, 0.25) is 0 Å². The number of rotatable bonds is 5. The van der Waals surface area contributed by atoms with E-state index in [1.54, 1.807) is 20.4 Å². The van der Waals surface area contributed by atoms with Crippen molar-refractivity contribution in [3.8, 4) is 11.4 Å². The summed E-state index contributed by atoms with van der Waals surface area (Å²) in [6.45, 7) is 3.70. The predicted octanol–water partition coefficient (Wildman–Crippen LogP) is 3.37. The number of amides is 1. The standard InChI is InChI=1S/C24H25N3O3/c1-15(24(29)26-23-19-7-5-4-6-18(19)12-21(23)28)10-17-8-9-20(22(11-17)30-3)27-13-16(2)25-14-27/h4-11,13-14,21,23,28H,12H2,1-3H3,(H,26,29)/b15-10+/t21?,23-/m0/s1. The van der Waals surface area contributed by atoms with Crippen LogP contribution in [-0.2, 0) is 11.2 Å². The molecule has 0 bridgehead atoms. The van der Waals surface area contributed by atoms with Crippen molar-refractivity contribution in [3.63, 3.8) is 0 Å². The first-order chi connectivity index (χ1) is 14.5. The van der Waals surface area contributed by atoms with Gasteiger partial charge in [-0.1, -0.05) is 30.3 Å². The molecule has 0 radical (unpaired) electrons. The third-order valence-electron chi connectivity index (χ3n) is 5.43. The van der Waals surface area contributed by atoms with E-state index in [-0.39, 0.29) is 5.91 Å². The Balaban J connectivity index is 1.54. The van der Waals surface area contributed by atoms with Crippen molar-refractivity contribution in [2.24, 2.45) is 0 Å². The average molecular weight is 403 g/mol. The number of nitrogens with zero attached hydrogens (tertiary/aromatic N) is 2. The molecule has 0 fully saturated rings. The number of benzene rings is 2. The Bertz CT molecular complexity index is 1120. The summed E-state index contributed by atoms with van der Waals surface area (Å²) in [5.41, 5.74) is 5.26. The van der Waals surface area contributed by atoms with E-state index in [0.717, 1.165) is 28.1 Å². The molecule has 1 unspecified atom stereocenters. The van der Waals surface area contributed by atoms with Gasteiger partial charge in [0, 0.05) is 18.2 Å². The Morgan fingerprint density at radius 2 is 2.10 bits per heavy atom. The van der Waals surface area contributed by atoms with Gasteiger partial charge in [-0.3, -0.25) is 4.79 Å². The normalized spacial score (nSPS) is 18.2. The number of ether oxygens (including phenoxy) is 1. The molecule has 1 aliphatic rings. The van der Waals surface area contributed by atoms with Crippen molar-refractivity contribution in [2.75, 3.05) is 7.11 Å². The number of aryl methyl sites for hydroxylation is 1. The van der Waals surface area contributed by atoms with Crippen LogP contribution in [0.3, 0.4) is 0 Å². The smallest absolute Gasteiger partial charge is 0.247 e. The van der Waals surface area contributed by atoms with Gasteiger partial charge < -0.3 is 19.7 Å². The fraction of sp³-hybridized carbons (Fsp3) is 0.250. The van der Waals surface area contributed by atoms with E-state index in [4.69, 9.17) is 4.74 Å². The number of methoxy groups -OCH3 is 1. The molecule has 0 aliphatic heterocycles. The van der Waals surface area contributed by atoms with Crippen LogP contribution in [0.4, 0.5) is 0 Å². The number of fused-ring (bicyclic) bond motifs is 1. The van der Waals surface area contributed by atoms with Crippen LogP contribution in [0.25, 0.3) is 11.8 Å². The van der Waals surface area contributed by atoms with Crippen LogP contribution in [-0.4, -0.2) is 33.8 Å². The van der Waals surface area contributed by atoms with Gasteiger partial charge in [-0.15, -0.1) is 0 Å². The Kier molecular flexibility index (Phi) is 5.42. The van der Waals surface area contributed by atoms with Crippen LogP contribution < -0.4 is 10.1 Å². The number of hydrogen-bond donors (Lipinski definition) is 2. The van der Waals surface area contributed by atoms with Gasteiger partial charge in [-0.05, 0) is 48.7 Å². The van der Waals surface area contributed by atoms with Crippen molar-refractivity contribution in [1.82, 2.24) is 14.9 Å². The molecule has 154 valence electrons. The van der Waals surface area contributed by atoms with E-state index in [9.17, 15) is 9.90 Å². The molecule has 2 atom stereocenters. The van der Waals surface area contributed by atoms with Crippen LogP contribution in [0.1, 0.15) is 35.3 Å². The SMILES string of the molecule is COc1cc(/C=C(\C)C(=O)N[C@H]2c3ccccc3CC2O)ccc1-n1cnc(C)c1. The second-order valence-electron chi connectivity index (χ2n) is 7.60. The second kappa shape index (κ2) is 8.16. The molecule has 0 saturated heterocycles. The Labute approximate surface area is 175 Å². The molecule has 0 saturated carbocycles. The highest BCUT2D eigenvalue weighted by Gasteiger charge is 2.31. The molecule has 0 spiro atoms. The third kappa shape index (κ3) is 3.86. The highest BCUT2D eigenvalue weighted by molar-refractivity contribution is 5.97. The quantitative estimate of drug-likeness (QED) is 0.641. The number of carbonyl (C=O) groups is 1. The summed E-state index contributed by atoms with van der Waals surface area (Å²) in [6.07, 6.45) is 5.42. The molecular formula is C24H25N3O3. The van der Waals surface area contributed by atoms with Crippen molar-refractivity contribution < 1.29 is 14.6 Å². The van der Waals surface area contributed by atoms with Crippen LogP contribution in [0.5, 0.6) is 5.75 Å². The highest BCUT2D eigenvalue weighted by Crippen LogP contribution is 2.31. The van der Waals surface area contributed by atoms with Crippen molar-refractivity contribution in [3.05, 3.63) is 82.9 Å². The maximum Gasteiger partial charge on any atom is 0.247 e. The molecule has 1 heterocycles. The molecule has 2 N–H and O–H groups in total. The molecule has 2 aromatic carbocycles. The molecule has 30 heavy (non-hydrogen) atoms. The first-order valence-electron chi connectivity index (χ1n) is 9.90. The minimum Gasteiger partial charge on any atom is -0.495 e. The van der Waals surface area contributed by atoms with Gasteiger partial charge in [0.25, 0.3) is 0 Å². The number of aliphatic hydroxyl groups excluding tert-OH is 1. The van der Waals surface area contributed by atoms with Gasteiger partial charge in [0.2, 0.25) is 5.91 Å². The lowest BCUT2D eigenvalue weighted by atomic mass is 10.1. The first kappa shape index (κ1) is 19.9. The largest absolute Gasteiger partial charge is 0.495 e. The zero-order valence-corrected chi connectivity index (χ0v) is 17.3. The molecule has 4 rings (SSSR count). The lowest BCUT2D eigenvalue weighted by molar-refractivity contribution is -0.118. The number of aliphatic hydroxyl groups is 1. The van der Waals surface area contributed by atoms with Gasteiger partial charge >= 0.3 is 0 Å². The second-order valence-corrected chi connectivity index (χ2v) is 7.60. The van der Waals surface area contributed by atoms with Crippen LogP contribution in [0.15, 0.2) is 60.6 Å². The zero-order valence-electron chi connectivity index (χ0n) is 17.3. The topological polar surface area (TPSA) is 76.4 Å². The highest BCUT2D eigenvalue weighted by atomic mass is 16.5. The minimum absolute atomic E-state index is 0.205. The maximum atomic E-state index is 12.8. The lowest BCUT2D eigenvalue weighted by Crippen LogP contribution is -2.34. The van der Waals surface area contributed by atoms with Gasteiger partial charge in [0.1, 0.15) is 5.75 Å². The fourth-order valence-electron chi connectivity index (χ4n) is 3.87. The zero-order chi connectivity index (χ0) is 21.3. The summed E-state index contributed by atoms with van der Waals surface area (Å²) in [6, 6.07) is 13.2. The van der Waals surface area contributed by atoms with E-state index in [0.29, 0.717) is 17.7 Å². The summed E-state index contributed by atoms with van der Waals surface area (Å²) in [5.74, 6) is 0.485. The predicted molar refractivity (Wildman–Crippen MR) is 116 cm³/mol. The maximum absolute atomic E-state index is 12.8. The van der Waals surface area contributed by atoms with Crippen LogP contribution in [0, 0.1) is 6.92 Å². The summed E-state index contributed by atoms with van der Waals surface area (Å²) in [5, 5.41) is 13.4. The molecule has 6 heteroatoms. The van der Waals surface area contributed by atoms with Gasteiger partial charge in [-0.2, -0.15) is 0 Å². The van der Waals surface area contributed by atoms with Crippen molar-refractivity contribution in [2.45, 2.75) is 32.4 Å². The van der Waals surface area contributed by atoms with E-state index in [2.05, 4.69) is 10.3 Å². The fourth-order valence-corrected chi connectivity index (χ4v) is 3.87. The number of imidazole rings is 1. The van der Waals surface area contributed by atoms with E-state index in [1.807, 2.05) is 66.2 Å². The number of carbonyl (C=O) groups excluding carboxylic acids is 1. The Hall–Kier alpha value is -3.38. The monoisotopic (exact) mass is 403 g/mol. The first-order valence-corrected chi connectivity index (χ1v) is 9.90.